The Labute approximate surface area is 465 Å². The lowest BCUT2D eigenvalue weighted by Gasteiger charge is -2.38. The van der Waals surface area contributed by atoms with Gasteiger partial charge in [-0.15, -0.1) is 0 Å². The van der Waals surface area contributed by atoms with Crippen molar-refractivity contribution in [2.45, 2.75) is 55.9 Å². The van der Waals surface area contributed by atoms with E-state index in [-0.39, 0.29) is 56.2 Å². The van der Waals surface area contributed by atoms with E-state index >= 15 is 0 Å². The van der Waals surface area contributed by atoms with E-state index in [1.165, 1.54) is 13.1 Å². The number of carbonyl (C=O) groups is 1. The van der Waals surface area contributed by atoms with Crippen molar-refractivity contribution >= 4 is 30.4 Å². The number of nitrogens with zero attached hydrogens (tertiary/aromatic N) is 3. The van der Waals surface area contributed by atoms with Gasteiger partial charge in [0.1, 0.15) is 46.3 Å². The van der Waals surface area contributed by atoms with E-state index in [0.29, 0.717) is 11.5 Å². The van der Waals surface area contributed by atoms with Crippen LogP contribution in [0.4, 0.5) is 5.82 Å². The van der Waals surface area contributed by atoms with E-state index in [1.807, 2.05) is 184 Å². The highest BCUT2D eigenvalue weighted by Gasteiger charge is 2.54. The summed E-state index contributed by atoms with van der Waals surface area (Å²) >= 11 is 1.04. The summed E-state index contributed by atoms with van der Waals surface area (Å²) in [6.07, 6.45) is -2.89. The number of thioether (sulfide) groups is 1. The Hall–Kier alpha value is -6.47. The van der Waals surface area contributed by atoms with Gasteiger partial charge in [0, 0.05) is 25.0 Å². The molecular weight excluding hydrogens is 1040 g/mol. The van der Waals surface area contributed by atoms with Crippen LogP contribution in [0.1, 0.15) is 60.4 Å². The van der Waals surface area contributed by atoms with Gasteiger partial charge >= 0.3 is 13.4 Å². The molecule has 16 nitrogen and oxygen atoms in total. The number of ether oxygens (including phenoxy) is 5. The van der Waals surface area contributed by atoms with Crippen LogP contribution in [0.25, 0.3) is 0 Å². The van der Waals surface area contributed by atoms with Crippen molar-refractivity contribution in [3.63, 3.8) is 0 Å². The first-order valence-electron chi connectivity index (χ1n) is 26.1. The number of morpholine rings is 1. The molecule has 18 heteroatoms. The maximum absolute atomic E-state index is 14.8. The van der Waals surface area contributed by atoms with Gasteiger partial charge in [0.25, 0.3) is 0 Å². The van der Waals surface area contributed by atoms with E-state index in [4.69, 9.17) is 32.7 Å². The fraction of sp³-hybridized carbons (Fsp3) is 0.328. The standard InChI is InChI=1S/C61H67N4O12PS/c1-58(2,43-74-61(47-20-12-7-13-21-47,48-22-14-8-15-23-48)49-24-16-9-17-25-49)56(67)79-41-40-75-78(70,64-36-38-73-39-37-64)76-42-52-54(66)59(3,69)55(77-52)65-35-34-53(62-57(65)68)63-60(44-18-10-6-11-19-44,45-26-30-50(71-4)31-27-45)46-28-32-51(72-5)33-29-46/h6-35,52,54-55,66,69H,36-43H2,1-5H3,(H,62,63,68)/t52-,54+,55-,59?,78?/m1/s1. The number of nitrogens with one attached hydrogen (secondary N) is 1. The van der Waals surface area contributed by atoms with Gasteiger partial charge in [0.05, 0.1) is 52.7 Å². The molecule has 1 aromatic heterocycles. The van der Waals surface area contributed by atoms with E-state index in [2.05, 4.69) is 10.3 Å². The van der Waals surface area contributed by atoms with Crippen LogP contribution in [0.5, 0.6) is 11.5 Å². The summed E-state index contributed by atoms with van der Waals surface area (Å²) in [6, 6.07) is 56.4. The van der Waals surface area contributed by atoms with Crippen molar-refractivity contribution in [3.05, 3.63) is 226 Å². The second kappa shape index (κ2) is 24.9. The fourth-order valence-electron chi connectivity index (χ4n) is 10.1. The number of carbonyl (C=O) groups excluding carboxylic acids is 1. The topological polar surface area (TPSA) is 189 Å². The third-order valence-corrected chi connectivity index (χ3v) is 17.7. The first-order chi connectivity index (χ1) is 38.1. The van der Waals surface area contributed by atoms with Crippen molar-refractivity contribution in [1.29, 1.82) is 0 Å². The first kappa shape index (κ1) is 57.2. The number of methoxy groups -OCH3 is 2. The van der Waals surface area contributed by atoms with Crippen molar-refractivity contribution < 1.29 is 52.3 Å². The molecule has 3 heterocycles. The number of rotatable bonds is 23. The van der Waals surface area contributed by atoms with Crippen LogP contribution in [0, 0.1) is 5.41 Å². The molecule has 0 radical (unpaired) electrons. The Morgan fingerprint density at radius 3 is 1.70 bits per heavy atom. The van der Waals surface area contributed by atoms with Crippen LogP contribution < -0.4 is 20.5 Å². The van der Waals surface area contributed by atoms with Gasteiger partial charge in [-0.2, -0.15) is 4.98 Å². The minimum atomic E-state index is -4.14. The Kier molecular flexibility index (Phi) is 18.0. The van der Waals surface area contributed by atoms with Crippen molar-refractivity contribution in [2.24, 2.45) is 5.41 Å². The van der Waals surface area contributed by atoms with Crippen molar-refractivity contribution in [2.75, 3.05) is 71.4 Å². The van der Waals surface area contributed by atoms with Gasteiger partial charge in [0.2, 0.25) is 0 Å². The van der Waals surface area contributed by atoms with Gasteiger partial charge in [-0.3, -0.25) is 18.4 Å². The first-order valence-corrected chi connectivity index (χ1v) is 28.6. The molecule has 0 saturated carbocycles. The third-order valence-electron chi connectivity index (χ3n) is 14.5. The zero-order valence-corrected chi connectivity index (χ0v) is 46.6. The molecule has 2 fully saturated rings. The number of hydrogen-bond acceptors (Lipinski definition) is 15. The van der Waals surface area contributed by atoms with Crippen LogP contribution >= 0.6 is 19.5 Å². The van der Waals surface area contributed by atoms with E-state index in [1.54, 1.807) is 25.0 Å². The molecule has 0 aliphatic carbocycles. The van der Waals surface area contributed by atoms with Crippen LogP contribution in [0.15, 0.2) is 187 Å². The van der Waals surface area contributed by atoms with Gasteiger partial charge < -0.3 is 39.2 Å². The van der Waals surface area contributed by atoms with E-state index in [9.17, 15) is 24.4 Å². The number of hydrogen-bond donors (Lipinski definition) is 3. The summed E-state index contributed by atoms with van der Waals surface area (Å²) in [5.74, 6) is 1.65. The maximum Gasteiger partial charge on any atom is 0.408 e. The molecule has 3 N–H and O–H groups in total. The fourth-order valence-corrected chi connectivity index (χ4v) is 12.7. The second-order valence-corrected chi connectivity index (χ2v) is 23.2. The predicted octanol–water partition coefficient (Wildman–Crippen LogP) is 9.44. The predicted molar refractivity (Wildman–Crippen MR) is 303 cm³/mol. The lowest BCUT2D eigenvalue weighted by Crippen LogP contribution is -2.46. The van der Waals surface area contributed by atoms with E-state index < -0.39 is 60.6 Å². The van der Waals surface area contributed by atoms with Crippen LogP contribution in [-0.2, 0) is 43.8 Å². The average molecular weight is 1110 g/mol. The molecule has 0 amide bonds. The van der Waals surface area contributed by atoms with Gasteiger partial charge in [-0.05, 0) is 84.5 Å². The number of anilines is 1. The summed E-state index contributed by atoms with van der Waals surface area (Å²) in [4.78, 5) is 32.7. The lowest BCUT2D eigenvalue weighted by molar-refractivity contribution is -0.124. The molecule has 5 atom stereocenters. The monoisotopic (exact) mass is 1110 g/mol. The minimum Gasteiger partial charge on any atom is -0.497 e. The quantitative estimate of drug-likeness (QED) is 0.0312. The molecule has 2 aliphatic rings. The molecular formula is C61H67N4O12PS. The molecule has 0 spiro atoms. The number of benzene rings is 6. The minimum absolute atomic E-state index is 0.0651. The SMILES string of the molecule is COc1ccc(C(Nc2ccn([C@@H]3O[C@H](COP(=O)(OCCSC(=O)C(C)(C)COC(c4ccccc4)(c4ccccc4)c4ccccc4)N4CCOCC4)[C@H](O)C3(C)O)c(=O)n2)(c2ccccc2)c2ccc(OC)cc2)cc1. The molecule has 6 aromatic carbocycles. The largest absolute Gasteiger partial charge is 0.497 e. The van der Waals surface area contributed by atoms with Crippen molar-refractivity contribution in [1.82, 2.24) is 14.2 Å². The average Bonchev–Trinajstić information content (AvgIpc) is 3.96. The van der Waals surface area contributed by atoms with Crippen LogP contribution in [0.2, 0.25) is 0 Å². The van der Waals surface area contributed by atoms with Gasteiger partial charge in [-0.25, -0.2) is 14.0 Å². The number of aromatic nitrogens is 2. The highest BCUT2D eigenvalue weighted by atomic mass is 32.2. The zero-order valence-electron chi connectivity index (χ0n) is 44.9. The number of aliphatic hydroxyl groups excluding tert-OH is 1. The summed E-state index contributed by atoms with van der Waals surface area (Å²) in [5, 5.41) is 26.9. The lowest BCUT2D eigenvalue weighted by atomic mass is 9.77. The Morgan fingerprint density at radius 2 is 1.22 bits per heavy atom. The highest BCUT2D eigenvalue weighted by Crippen LogP contribution is 2.53. The van der Waals surface area contributed by atoms with Crippen LogP contribution in [-0.4, -0.2) is 113 Å². The molecule has 414 valence electrons. The molecule has 7 aromatic rings. The molecule has 2 unspecified atom stereocenters. The normalized spacial score (nSPS) is 19.8. The van der Waals surface area contributed by atoms with E-state index in [0.717, 1.165) is 49.7 Å². The summed E-state index contributed by atoms with van der Waals surface area (Å²) in [7, 11) is -0.944. The third kappa shape index (κ3) is 12.2. The molecule has 0 bridgehead atoms. The summed E-state index contributed by atoms with van der Waals surface area (Å²) in [6.45, 7) is 5.43. The Balaban J connectivity index is 0.886. The molecule has 79 heavy (non-hydrogen) atoms. The Bertz CT molecular complexity index is 3060. The summed E-state index contributed by atoms with van der Waals surface area (Å²) in [5.41, 5.74) is -0.724. The maximum atomic E-state index is 14.8. The van der Waals surface area contributed by atoms with Crippen LogP contribution in [0.3, 0.4) is 0 Å². The smallest absolute Gasteiger partial charge is 0.408 e. The zero-order chi connectivity index (χ0) is 55.7. The van der Waals surface area contributed by atoms with Gasteiger partial charge in [0.15, 0.2) is 11.3 Å². The Morgan fingerprint density at radius 1 is 0.734 bits per heavy atom. The number of aliphatic hydroxyl groups is 2. The second-order valence-electron chi connectivity index (χ2n) is 20.1. The molecule has 2 aliphatic heterocycles. The summed E-state index contributed by atoms with van der Waals surface area (Å²) < 4.78 is 59.4. The molecule has 2 saturated heterocycles. The van der Waals surface area contributed by atoms with Crippen molar-refractivity contribution in [3.8, 4) is 11.5 Å². The highest BCUT2D eigenvalue weighted by molar-refractivity contribution is 8.13. The molecule has 9 rings (SSSR count). The van der Waals surface area contributed by atoms with Gasteiger partial charge in [-0.1, -0.05) is 157 Å².